The fourth-order valence-corrected chi connectivity index (χ4v) is 3.60. The van der Waals surface area contributed by atoms with Crippen molar-refractivity contribution in [2.45, 2.75) is 52.5 Å². The molecule has 0 radical (unpaired) electrons. The van der Waals surface area contributed by atoms with Gasteiger partial charge in [-0.2, -0.15) is 4.99 Å². The van der Waals surface area contributed by atoms with Gasteiger partial charge in [0.2, 0.25) is 0 Å². The molecule has 1 saturated carbocycles. The molecular formula is C17H22N2OS. The summed E-state index contributed by atoms with van der Waals surface area (Å²) in [6.07, 6.45) is 3.07. The van der Waals surface area contributed by atoms with Crippen LogP contribution in [0.5, 0.6) is 0 Å². The van der Waals surface area contributed by atoms with Crippen molar-refractivity contribution in [3.05, 3.63) is 28.6 Å². The Morgan fingerprint density at radius 1 is 1.43 bits per heavy atom. The van der Waals surface area contributed by atoms with Gasteiger partial charge in [-0.25, -0.2) is 0 Å². The maximum absolute atomic E-state index is 12.0. The standard InChI is InChI=1S/C17H22N2OS/c1-4-9-19-14-8-7-13(11(2)3)10-15(14)21-17(19)18-16(20)12-5-6-12/h7-8,10-12H,4-6,9H2,1-3H3. The van der Waals surface area contributed by atoms with E-state index in [0.29, 0.717) is 5.92 Å². The van der Waals surface area contributed by atoms with Crippen LogP contribution < -0.4 is 4.80 Å². The zero-order chi connectivity index (χ0) is 15.0. The van der Waals surface area contributed by atoms with Gasteiger partial charge in [0.15, 0.2) is 4.80 Å². The number of hydrogen-bond donors (Lipinski definition) is 0. The minimum atomic E-state index is 0.0653. The number of nitrogens with zero attached hydrogens (tertiary/aromatic N) is 2. The van der Waals surface area contributed by atoms with Crippen LogP contribution in [0, 0.1) is 5.92 Å². The predicted octanol–water partition coefficient (Wildman–Crippen LogP) is 4.07. The van der Waals surface area contributed by atoms with E-state index in [9.17, 15) is 4.79 Å². The van der Waals surface area contributed by atoms with E-state index < -0.39 is 0 Å². The first kappa shape index (κ1) is 14.5. The van der Waals surface area contributed by atoms with Gasteiger partial charge in [-0.05, 0) is 42.9 Å². The first-order valence-corrected chi connectivity index (χ1v) is 8.63. The summed E-state index contributed by atoms with van der Waals surface area (Å²) in [5.41, 5.74) is 2.54. The van der Waals surface area contributed by atoms with E-state index in [2.05, 4.69) is 48.5 Å². The second kappa shape index (κ2) is 5.76. The summed E-state index contributed by atoms with van der Waals surface area (Å²) in [5.74, 6) is 0.775. The smallest absolute Gasteiger partial charge is 0.251 e. The molecule has 1 amide bonds. The summed E-state index contributed by atoms with van der Waals surface area (Å²) in [5, 5.41) is 0. The Labute approximate surface area is 129 Å². The van der Waals surface area contributed by atoms with Gasteiger partial charge in [0.05, 0.1) is 10.2 Å². The lowest BCUT2D eigenvalue weighted by molar-refractivity contribution is -0.119. The minimum absolute atomic E-state index is 0.0653. The van der Waals surface area contributed by atoms with Gasteiger partial charge in [-0.15, -0.1) is 0 Å². The molecule has 0 unspecified atom stereocenters. The molecule has 3 rings (SSSR count). The van der Waals surface area contributed by atoms with Crippen LogP contribution in [0.4, 0.5) is 0 Å². The molecule has 3 nitrogen and oxygen atoms in total. The van der Waals surface area contributed by atoms with E-state index in [0.717, 1.165) is 30.6 Å². The topological polar surface area (TPSA) is 34.4 Å². The SMILES string of the molecule is CCCn1c(=NC(=O)C2CC2)sc2cc(C(C)C)ccc21. The third kappa shape index (κ3) is 2.95. The number of aromatic nitrogens is 1. The van der Waals surface area contributed by atoms with Crippen LogP contribution in [0.2, 0.25) is 0 Å². The average molecular weight is 302 g/mol. The van der Waals surface area contributed by atoms with Gasteiger partial charge in [0.1, 0.15) is 0 Å². The number of carbonyl (C=O) groups is 1. The predicted molar refractivity (Wildman–Crippen MR) is 87.5 cm³/mol. The third-order valence-electron chi connectivity index (χ3n) is 3.95. The second-order valence-electron chi connectivity index (χ2n) is 6.14. The van der Waals surface area contributed by atoms with Gasteiger partial charge in [-0.1, -0.05) is 38.2 Å². The van der Waals surface area contributed by atoms with Crippen molar-refractivity contribution in [2.75, 3.05) is 0 Å². The first-order valence-electron chi connectivity index (χ1n) is 7.82. The largest absolute Gasteiger partial charge is 0.316 e. The summed E-state index contributed by atoms with van der Waals surface area (Å²) >= 11 is 1.64. The number of benzene rings is 1. The molecule has 0 N–H and O–H groups in total. The van der Waals surface area contributed by atoms with Gasteiger partial charge in [-0.3, -0.25) is 4.79 Å². The van der Waals surface area contributed by atoms with Gasteiger partial charge >= 0.3 is 0 Å². The fourth-order valence-electron chi connectivity index (χ4n) is 2.49. The summed E-state index contributed by atoms with van der Waals surface area (Å²) in [6, 6.07) is 6.62. The summed E-state index contributed by atoms with van der Waals surface area (Å²) in [4.78, 5) is 17.3. The lowest BCUT2D eigenvalue weighted by Crippen LogP contribution is -2.17. The van der Waals surface area contributed by atoms with Crippen molar-refractivity contribution in [1.29, 1.82) is 0 Å². The normalized spacial score (nSPS) is 16.1. The summed E-state index contributed by atoms with van der Waals surface area (Å²) in [7, 11) is 0. The van der Waals surface area contributed by atoms with Crippen LogP contribution in [0.15, 0.2) is 23.2 Å². The van der Waals surface area contributed by atoms with E-state index in [1.165, 1.54) is 15.8 Å². The van der Waals surface area contributed by atoms with Gasteiger partial charge in [0.25, 0.3) is 5.91 Å². The van der Waals surface area contributed by atoms with Crippen molar-refractivity contribution in [2.24, 2.45) is 10.9 Å². The number of thiazole rings is 1. The molecule has 0 bridgehead atoms. The minimum Gasteiger partial charge on any atom is -0.316 e. The van der Waals surface area contributed by atoms with Crippen LogP contribution in [0.1, 0.15) is 51.5 Å². The van der Waals surface area contributed by atoms with Crippen molar-refractivity contribution in [1.82, 2.24) is 4.57 Å². The van der Waals surface area contributed by atoms with E-state index >= 15 is 0 Å². The molecule has 1 aliphatic rings. The molecule has 1 heterocycles. The highest BCUT2D eigenvalue weighted by Gasteiger charge is 2.29. The highest BCUT2D eigenvalue weighted by Crippen LogP contribution is 2.30. The average Bonchev–Trinajstić information content (AvgIpc) is 3.24. The fraction of sp³-hybridized carbons (Fsp3) is 0.529. The molecule has 1 fully saturated rings. The molecule has 0 spiro atoms. The maximum Gasteiger partial charge on any atom is 0.251 e. The number of hydrogen-bond acceptors (Lipinski definition) is 2. The molecule has 0 atom stereocenters. The lowest BCUT2D eigenvalue weighted by Gasteiger charge is -2.06. The van der Waals surface area contributed by atoms with Crippen molar-refractivity contribution in [3.8, 4) is 0 Å². The molecule has 0 saturated heterocycles. The number of aryl methyl sites for hydroxylation is 1. The Kier molecular flexibility index (Phi) is 3.98. The first-order chi connectivity index (χ1) is 10.1. The number of fused-ring (bicyclic) bond motifs is 1. The maximum atomic E-state index is 12.0. The third-order valence-corrected chi connectivity index (χ3v) is 4.99. The van der Waals surface area contributed by atoms with Crippen molar-refractivity contribution < 1.29 is 4.79 Å². The molecule has 112 valence electrons. The zero-order valence-corrected chi connectivity index (χ0v) is 13.7. The molecule has 1 aromatic heterocycles. The van der Waals surface area contributed by atoms with E-state index in [4.69, 9.17) is 0 Å². The molecule has 1 aromatic carbocycles. The summed E-state index contributed by atoms with van der Waals surface area (Å²) in [6.45, 7) is 7.48. The number of rotatable bonds is 4. The quantitative estimate of drug-likeness (QED) is 0.838. The highest BCUT2D eigenvalue weighted by atomic mass is 32.1. The van der Waals surface area contributed by atoms with E-state index in [1.807, 2.05) is 0 Å². The second-order valence-corrected chi connectivity index (χ2v) is 7.15. The van der Waals surface area contributed by atoms with Crippen molar-refractivity contribution >= 4 is 27.5 Å². The molecule has 4 heteroatoms. The number of carbonyl (C=O) groups excluding carboxylic acids is 1. The zero-order valence-electron chi connectivity index (χ0n) is 12.9. The Morgan fingerprint density at radius 3 is 2.81 bits per heavy atom. The molecule has 1 aliphatic carbocycles. The Balaban J connectivity index is 2.13. The monoisotopic (exact) mass is 302 g/mol. The van der Waals surface area contributed by atoms with Crippen LogP contribution in [-0.2, 0) is 11.3 Å². The van der Waals surface area contributed by atoms with Crippen LogP contribution >= 0.6 is 11.3 Å². The molecule has 0 aliphatic heterocycles. The molecule has 21 heavy (non-hydrogen) atoms. The number of amides is 1. The summed E-state index contributed by atoms with van der Waals surface area (Å²) < 4.78 is 3.43. The van der Waals surface area contributed by atoms with Crippen LogP contribution in [-0.4, -0.2) is 10.5 Å². The van der Waals surface area contributed by atoms with E-state index in [-0.39, 0.29) is 11.8 Å². The Bertz CT molecular complexity index is 735. The Morgan fingerprint density at radius 2 is 2.19 bits per heavy atom. The van der Waals surface area contributed by atoms with Gasteiger partial charge < -0.3 is 4.57 Å². The lowest BCUT2D eigenvalue weighted by atomic mass is 10.0. The highest BCUT2D eigenvalue weighted by molar-refractivity contribution is 7.16. The Hall–Kier alpha value is -1.42. The van der Waals surface area contributed by atoms with Crippen LogP contribution in [0.25, 0.3) is 10.2 Å². The van der Waals surface area contributed by atoms with Gasteiger partial charge in [0, 0.05) is 12.5 Å². The molecular weight excluding hydrogens is 280 g/mol. The van der Waals surface area contributed by atoms with Crippen molar-refractivity contribution in [3.63, 3.8) is 0 Å². The molecule has 2 aromatic rings. The van der Waals surface area contributed by atoms with Crippen LogP contribution in [0.3, 0.4) is 0 Å². The van der Waals surface area contributed by atoms with E-state index in [1.54, 1.807) is 11.3 Å².